The number of hydrogen-bond acceptors (Lipinski definition) is 5. The summed E-state index contributed by atoms with van der Waals surface area (Å²) in [5, 5.41) is 5.32. The molecule has 7 nitrogen and oxygen atoms in total. The van der Waals surface area contributed by atoms with E-state index in [4.69, 9.17) is 16.2 Å². The molecule has 0 saturated carbocycles. The highest BCUT2D eigenvalue weighted by atomic mass is 16.5. The number of carbonyl (C=O) groups excluding carboxylic acids is 2. The third-order valence-corrected chi connectivity index (χ3v) is 1.64. The molecule has 0 aliphatic rings. The Morgan fingerprint density at radius 2 is 2.13 bits per heavy atom. The average molecular weight is 218 g/mol. The highest BCUT2D eigenvalue weighted by Gasteiger charge is 2.08. The number of primary amides is 1. The van der Waals surface area contributed by atoms with Gasteiger partial charge in [-0.25, -0.2) is 0 Å². The van der Waals surface area contributed by atoms with Crippen LogP contribution in [0.4, 0.5) is 0 Å². The largest absolute Gasteiger partial charge is 0.383 e. The van der Waals surface area contributed by atoms with Crippen molar-refractivity contribution in [2.45, 2.75) is 6.04 Å². The Bertz CT molecular complexity index is 210. The van der Waals surface area contributed by atoms with Gasteiger partial charge < -0.3 is 26.8 Å². The van der Waals surface area contributed by atoms with Crippen molar-refractivity contribution in [2.24, 2.45) is 11.5 Å². The molecule has 1 atom stereocenters. The van der Waals surface area contributed by atoms with E-state index in [0.29, 0.717) is 13.2 Å². The zero-order valence-electron chi connectivity index (χ0n) is 8.79. The minimum absolute atomic E-state index is 0.102. The molecule has 0 radical (unpaired) electrons. The van der Waals surface area contributed by atoms with Crippen molar-refractivity contribution in [3.8, 4) is 0 Å². The van der Waals surface area contributed by atoms with E-state index in [1.165, 1.54) is 0 Å². The maximum Gasteiger partial charge on any atom is 0.235 e. The summed E-state index contributed by atoms with van der Waals surface area (Å²) in [6, 6.07) is -0.767. The molecule has 0 saturated heterocycles. The van der Waals surface area contributed by atoms with Gasteiger partial charge in [-0.3, -0.25) is 9.59 Å². The Hall–Kier alpha value is -1.18. The predicted molar refractivity (Wildman–Crippen MR) is 54.9 cm³/mol. The van der Waals surface area contributed by atoms with Crippen LogP contribution in [0.5, 0.6) is 0 Å². The smallest absolute Gasteiger partial charge is 0.235 e. The van der Waals surface area contributed by atoms with Gasteiger partial charge in [-0.2, -0.15) is 0 Å². The molecule has 0 rings (SSSR count). The van der Waals surface area contributed by atoms with E-state index in [0.717, 1.165) is 0 Å². The van der Waals surface area contributed by atoms with E-state index in [1.807, 2.05) is 0 Å². The second kappa shape index (κ2) is 8.16. The first-order chi connectivity index (χ1) is 7.07. The fourth-order valence-corrected chi connectivity index (χ4v) is 0.797. The van der Waals surface area contributed by atoms with Crippen molar-refractivity contribution in [2.75, 3.05) is 33.4 Å². The van der Waals surface area contributed by atoms with Gasteiger partial charge in [0.05, 0.1) is 19.2 Å². The van der Waals surface area contributed by atoms with Crippen LogP contribution in [-0.2, 0) is 14.3 Å². The summed E-state index contributed by atoms with van der Waals surface area (Å²) in [4.78, 5) is 21.6. The lowest BCUT2D eigenvalue weighted by Gasteiger charge is -2.09. The fraction of sp³-hybridized carbons (Fsp3) is 0.750. The molecule has 0 fully saturated rings. The lowest BCUT2D eigenvalue weighted by atomic mass is 10.3. The lowest BCUT2D eigenvalue weighted by Crippen LogP contribution is -2.46. The van der Waals surface area contributed by atoms with Gasteiger partial charge >= 0.3 is 0 Å². The molecule has 0 aromatic rings. The van der Waals surface area contributed by atoms with Gasteiger partial charge in [-0.05, 0) is 0 Å². The van der Waals surface area contributed by atoms with Crippen molar-refractivity contribution in [1.29, 1.82) is 0 Å². The molecule has 7 heteroatoms. The van der Waals surface area contributed by atoms with Crippen molar-refractivity contribution in [1.82, 2.24) is 10.6 Å². The van der Waals surface area contributed by atoms with Crippen molar-refractivity contribution in [3.63, 3.8) is 0 Å². The van der Waals surface area contributed by atoms with Gasteiger partial charge in [0.15, 0.2) is 0 Å². The number of methoxy groups -OCH3 is 1. The SMILES string of the molecule is COCCNC(=O)CNCC(N)C(N)=O. The van der Waals surface area contributed by atoms with E-state index in [9.17, 15) is 9.59 Å². The van der Waals surface area contributed by atoms with E-state index in [2.05, 4.69) is 10.6 Å². The molecule has 0 bridgehead atoms. The maximum atomic E-state index is 11.1. The van der Waals surface area contributed by atoms with Crippen LogP contribution in [0.3, 0.4) is 0 Å². The van der Waals surface area contributed by atoms with Gasteiger partial charge in [-0.1, -0.05) is 0 Å². The lowest BCUT2D eigenvalue weighted by molar-refractivity contribution is -0.121. The number of nitrogens with two attached hydrogens (primary N) is 2. The van der Waals surface area contributed by atoms with Crippen LogP contribution in [0.2, 0.25) is 0 Å². The van der Waals surface area contributed by atoms with Crippen LogP contribution in [0, 0.1) is 0 Å². The van der Waals surface area contributed by atoms with Crippen LogP contribution in [0.15, 0.2) is 0 Å². The van der Waals surface area contributed by atoms with Crippen LogP contribution in [-0.4, -0.2) is 51.2 Å². The van der Waals surface area contributed by atoms with Crippen LogP contribution in [0.1, 0.15) is 0 Å². The number of rotatable bonds is 8. The zero-order chi connectivity index (χ0) is 11.7. The third-order valence-electron chi connectivity index (χ3n) is 1.64. The number of hydrogen-bond donors (Lipinski definition) is 4. The highest BCUT2D eigenvalue weighted by Crippen LogP contribution is 1.73. The Labute approximate surface area is 88.5 Å². The molecule has 0 spiro atoms. The summed E-state index contributed by atoms with van der Waals surface area (Å²) in [6.07, 6.45) is 0. The molecule has 6 N–H and O–H groups in total. The minimum atomic E-state index is -0.767. The number of amides is 2. The Morgan fingerprint density at radius 1 is 1.47 bits per heavy atom. The monoisotopic (exact) mass is 218 g/mol. The second-order valence-electron chi connectivity index (χ2n) is 2.98. The molecular formula is C8H18N4O3. The molecule has 0 aromatic heterocycles. The molecule has 0 aliphatic carbocycles. The predicted octanol–water partition coefficient (Wildman–Crippen LogP) is -2.85. The topological polar surface area (TPSA) is 119 Å². The van der Waals surface area contributed by atoms with Gasteiger partial charge in [0.2, 0.25) is 11.8 Å². The zero-order valence-corrected chi connectivity index (χ0v) is 8.79. The number of nitrogens with one attached hydrogen (secondary N) is 2. The Morgan fingerprint density at radius 3 is 2.67 bits per heavy atom. The second-order valence-corrected chi connectivity index (χ2v) is 2.98. The first kappa shape index (κ1) is 13.8. The molecule has 0 aliphatic heterocycles. The van der Waals surface area contributed by atoms with E-state index >= 15 is 0 Å². The van der Waals surface area contributed by atoms with Gasteiger partial charge in [0.25, 0.3) is 0 Å². The minimum Gasteiger partial charge on any atom is -0.383 e. The Kier molecular flexibility index (Phi) is 7.51. The normalized spacial score (nSPS) is 12.1. The molecule has 0 heterocycles. The van der Waals surface area contributed by atoms with Gasteiger partial charge in [0.1, 0.15) is 0 Å². The summed E-state index contributed by atoms with van der Waals surface area (Å²) in [5.74, 6) is -0.772. The van der Waals surface area contributed by atoms with Crippen LogP contribution in [0.25, 0.3) is 0 Å². The van der Waals surface area contributed by atoms with Gasteiger partial charge in [0, 0.05) is 20.2 Å². The molecule has 88 valence electrons. The fourth-order valence-electron chi connectivity index (χ4n) is 0.797. The molecule has 1 unspecified atom stereocenters. The van der Waals surface area contributed by atoms with E-state index in [-0.39, 0.29) is 19.0 Å². The van der Waals surface area contributed by atoms with E-state index < -0.39 is 11.9 Å². The summed E-state index contributed by atoms with van der Waals surface area (Å²) in [7, 11) is 1.55. The van der Waals surface area contributed by atoms with Gasteiger partial charge in [-0.15, -0.1) is 0 Å². The molecule has 0 aromatic carbocycles. The van der Waals surface area contributed by atoms with E-state index in [1.54, 1.807) is 7.11 Å². The average Bonchev–Trinajstić information content (AvgIpc) is 2.18. The Balaban J connectivity index is 3.42. The van der Waals surface area contributed by atoms with Crippen LogP contribution >= 0.6 is 0 Å². The van der Waals surface area contributed by atoms with Crippen molar-refractivity contribution < 1.29 is 14.3 Å². The van der Waals surface area contributed by atoms with Crippen LogP contribution < -0.4 is 22.1 Å². The summed E-state index contributed by atoms with van der Waals surface area (Å²) >= 11 is 0. The molecular weight excluding hydrogens is 200 g/mol. The maximum absolute atomic E-state index is 11.1. The summed E-state index contributed by atoms with van der Waals surface area (Å²) in [6.45, 7) is 1.21. The number of carbonyl (C=O) groups is 2. The summed E-state index contributed by atoms with van der Waals surface area (Å²) < 4.78 is 4.75. The molecule has 2 amide bonds. The number of ether oxygens (including phenoxy) is 1. The summed E-state index contributed by atoms with van der Waals surface area (Å²) in [5.41, 5.74) is 10.3. The first-order valence-corrected chi connectivity index (χ1v) is 4.59. The highest BCUT2D eigenvalue weighted by molar-refractivity contribution is 5.80. The third kappa shape index (κ3) is 7.86. The standard InChI is InChI=1S/C8H18N4O3/c1-15-3-2-12-7(13)5-11-4-6(9)8(10)14/h6,11H,2-5,9H2,1H3,(H2,10,14)(H,12,13). The molecule has 15 heavy (non-hydrogen) atoms. The first-order valence-electron chi connectivity index (χ1n) is 4.59. The van der Waals surface area contributed by atoms with Crippen molar-refractivity contribution >= 4 is 11.8 Å². The van der Waals surface area contributed by atoms with Crippen molar-refractivity contribution in [3.05, 3.63) is 0 Å². The quantitative estimate of drug-likeness (QED) is 0.327.